The van der Waals surface area contributed by atoms with Crippen LogP contribution < -0.4 is 14.5 Å². The van der Waals surface area contributed by atoms with Gasteiger partial charge in [0.05, 0.1) is 19.2 Å². The van der Waals surface area contributed by atoms with Crippen LogP contribution in [0.5, 0.6) is 5.75 Å². The first-order valence-electron chi connectivity index (χ1n) is 10.8. The number of benzene rings is 3. The molecule has 1 saturated heterocycles. The lowest BCUT2D eigenvalue weighted by molar-refractivity contribution is -0.120. The summed E-state index contributed by atoms with van der Waals surface area (Å²) in [5.41, 5.74) is 5.84. The Labute approximate surface area is 187 Å². The fraction of sp³-hybridized carbons (Fsp3) is 0.185. The number of anilines is 2. The predicted molar refractivity (Wildman–Crippen MR) is 126 cm³/mol. The predicted octanol–water partition coefficient (Wildman–Crippen LogP) is 4.60. The van der Waals surface area contributed by atoms with Crippen LogP contribution >= 0.6 is 0 Å². The third-order valence-electron chi connectivity index (χ3n) is 6.14. The van der Waals surface area contributed by atoms with E-state index >= 15 is 0 Å². The number of rotatable bonds is 4. The quantitative estimate of drug-likeness (QED) is 0.454. The molecule has 0 N–H and O–H groups in total. The number of amides is 2. The van der Waals surface area contributed by atoms with Crippen LogP contribution in [-0.2, 0) is 22.6 Å². The van der Waals surface area contributed by atoms with E-state index in [0.717, 1.165) is 30.8 Å². The van der Waals surface area contributed by atoms with E-state index in [1.165, 1.54) is 16.0 Å². The zero-order chi connectivity index (χ0) is 22.1. The van der Waals surface area contributed by atoms with Crippen molar-refractivity contribution in [2.24, 2.45) is 0 Å². The van der Waals surface area contributed by atoms with Crippen molar-refractivity contribution < 1.29 is 14.3 Å². The summed E-state index contributed by atoms with van der Waals surface area (Å²) in [6.45, 7) is 1.75. The summed E-state index contributed by atoms with van der Waals surface area (Å²) in [6.07, 6.45) is 2.96. The molecule has 0 radical (unpaired) electrons. The molecule has 160 valence electrons. The molecular formula is C27H24N2O3. The molecule has 0 saturated carbocycles. The van der Waals surface area contributed by atoms with Crippen LogP contribution in [0.1, 0.15) is 23.1 Å². The van der Waals surface area contributed by atoms with Crippen molar-refractivity contribution in [3.8, 4) is 5.75 Å². The first kappa shape index (κ1) is 20.1. The van der Waals surface area contributed by atoms with E-state index in [9.17, 15) is 9.59 Å². The summed E-state index contributed by atoms with van der Waals surface area (Å²) in [5, 5.41) is 0. The fourth-order valence-corrected chi connectivity index (χ4v) is 4.47. The Morgan fingerprint density at radius 3 is 2.38 bits per heavy atom. The highest BCUT2D eigenvalue weighted by atomic mass is 16.5. The maximum Gasteiger partial charge on any atom is 0.261 e. The molecule has 2 amide bonds. The minimum atomic E-state index is -0.265. The molecule has 0 atom stereocenters. The van der Waals surface area contributed by atoms with Gasteiger partial charge in [0.25, 0.3) is 5.91 Å². The fourth-order valence-electron chi connectivity index (χ4n) is 4.47. The number of fused-ring (bicyclic) bond motifs is 1. The highest BCUT2D eigenvalue weighted by molar-refractivity contribution is 6.29. The van der Waals surface area contributed by atoms with Crippen molar-refractivity contribution in [3.05, 3.63) is 95.1 Å². The number of methoxy groups -OCH3 is 1. The van der Waals surface area contributed by atoms with E-state index in [1.54, 1.807) is 31.4 Å². The molecule has 0 aliphatic carbocycles. The molecule has 0 unspecified atom stereocenters. The van der Waals surface area contributed by atoms with Crippen LogP contribution in [-0.4, -0.2) is 25.5 Å². The number of imide groups is 1. The van der Waals surface area contributed by atoms with Gasteiger partial charge >= 0.3 is 0 Å². The monoisotopic (exact) mass is 424 g/mol. The summed E-state index contributed by atoms with van der Waals surface area (Å²) in [6, 6.07) is 23.6. The summed E-state index contributed by atoms with van der Waals surface area (Å²) in [7, 11) is 1.58. The molecular weight excluding hydrogens is 400 g/mol. The van der Waals surface area contributed by atoms with Crippen LogP contribution in [0.25, 0.3) is 6.08 Å². The molecule has 5 rings (SSSR count). The highest BCUT2D eigenvalue weighted by Gasteiger charge is 2.35. The van der Waals surface area contributed by atoms with Gasteiger partial charge in [0, 0.05) is 24.4 Å². The Kier molecular flexibility index (Phi) is 5.23. The Morgan fingerprint density at radius 2 is 1.59 bits per heavy atom. The van der Waals surface area contributed by atoms with Crippen molar-refractivity contribution in [2.75, 3.05) is 23.5 Å². The number of hydrogen-bond donors (Lipinski definition) is 0. The molecule has 3 aromatic rings. The first-order valence-corrected chi connectivity index (χ1v) is 10.8. The van der Waals surface area contributed by atoms with Gasteiger partial charge in [-0.2, -0.15) is 0 Å². The molecule has 1 fully saturated rings. The summed E-state index contributed by atoms with van der Waals surface area (Å²) in [4.78, 5) is 29.4. The van der Waals surface area contributed by atoms with Gasteiger partial charge in [-0.1, -0.05) is 42.5 Å². The normalized spacial score (nSPS) is 17.1. The summed E-state index contributed by atoms with van der Waals surface area (Å²) < 4.78 is 5.17. The molecule has 0 aromatic heterocycles. The van der Waals surface area contributed by atoms with Gasteiger partial charge in [-0.3, -0.25) is 9.59 Å². The summed E-state index contributed by atoms with van der Waals surface area (Å²) >= 11 is 0. The minimum Gasteiger partial charge on any atom is -0.497 e. The zero-order valence-corrected chi connectivity index (χ0v) is 18.0. The van der Waals surface area contributed by atoms with Gasteiger partial charge in [0.2, 0.25) is 5.91 Å². The Morgan fingerprint density at radius 1 is 0.875 bits per heavy atom. The lowest BCUT2D eigenvalue weighted by Gasteiger charge is -2.32. The number of para-hydroxylation sites is 1. The van der Waals surface area contributed by atoms with E-state index in [1.807, 2.05) is 24.3 Å². The molecule has 2 aliphatic heterocycles. The Balaban J connectivity index is 1.43. The highest BCUT2D eigenvalue weighted by Crippen LogP contribution is 2.32. The van der Waals surface area contributed by atoms with Crippen LogP contribution in [0.4, 0.5) is 11.4 Å². The third kappa shape index (κ3) is 3.66. The number of carbonyl (C=O) groups is 2. The van der Waals surface area contributed by atoms with Crippen molar-refractivity contribution in [2.45, 2.75) is 19.4 Å². The maximum atomic E-state index is 13.1. The standard InChI is InChI=1S/C27H24N2O3/c1-32-24-12-10-23(11-13-24)29-26(30)17-22(27(29)31)16-20-7-4-5-9-25(20)28-15-14-19-6-2-3-8-21(19)18-28/h2-13,16H,14-15,17-18H2,1H3/b22-16+. The first-order chi connectivity index (χ1) is 15.6. The van der Waals surface area contributed by atoms with E-state index in [4.69, 9.17) is 4.74 Å². The van der Waals surface area contributed by atoms with Gasteiger partial charge in [-0.05, 0) is 59.5 Å². The molecule has 5 nitrogen and oxygen atoms in total. The van der Waals surface area contributed by atoms with Crippen LogP contribution in [0.3, 0.4) is 0 Å². The second-order valence-corrected chi connectivity index (χ2v) is 8.08. The average Bonchev–Trinajstić information content (AvgIpc) is 3.11. The third-order valence-corrected chi connectivity index (χ3v) is 6.14. The van der Waals surface area contributed by atoms with Crippen LogP contribution in [0.15, 0.2) is 78.4 Å². The van der Waals surface area contributed by atoms with Crippen molar-refractivity contribution in [1.82, 2.24) is 0 Å². The van der Waals surface area contributed by atoms with Gasteiger partial charge in [-0.25, -0.2) is 4.90 Å². The summed E-state index contributed by atoms with van der Waals surface area (Å²) in [5.74, 6) is 0.204. The number of ether oxygens (including phenoxy) is 1. The van der Waals surface area contributed by atoms with Gasteiger partial charge in [0.1, 0.15) is 5.75 Å². The minimum absolute atomic E-state index is 0.0992. The molecule has 3 aromatic carbocycles. The molecule has 0 bridgehead atoms. The lowest BCUT2D eigenvalue weighted by atomic mass is 9.98. The molecule has 0 spiro atoms. The van der Waals surface area contributed by atoms with Gasteiger partial charge in [0.15, 0.2) is 0 Å². The number of nitrogens with zero attached hydrogens (tertiary/aromatic N) is 2. The van der Waals surface area contributed by atoms with E-state index in [0.29, 0.717) is 17.0 Å². The van der Waals surface area contributed by atoms with Gasteiger partial charge < -0.3 is 9.64 Å². The maximum absolute atomic E-state index is 13.1. The lowest BCUT2D eigenvalue weighted by Crippen LogP contribution is -2.30. The van der Waals surface area contributed by atoms with E-state index in [2.05, 4.69) is 35.2 Å². The molecule has 2 heterocycles. The molecule has 32 heavy (non-hydrogen) atoms. The van der Waals surface area contributed by atoms with E-state index < -0.39 is 0 Å². The van der Waals surface area contributed by atoms with Crippen molar-refractivity contribution in [1.29, 1.82) is 0 Å². The smallest absolute Gasteiger partial charge is 0.261 e. The largest absolute Gasteiger partial charge is 0.497 e. The van der Waals surface area contributed by atoms with Crippen LogP contribution in [0, 0.1) is 0 Å². The SMILES string of the molecule is COc1ccc(N2C(=O)C/C(=C\c3ccccc3N3CCc4ccccc4C3)C2=O)cc1. The average molecular weight is 425 g/mol. The van der Waals surface area contributed by atoms with Crippen LogP contribution in [0.2, 0.25) is 0 Å². The second-order valence-electron chi connectivity index (χ2n) is 8.08. The Bertz CT molecular complexity index is 1210. The van der Waals surface area contributed by atoms with E-state index in [-0.39, 0.29) is 18.2 Å². The number of hydrogen-bond acceptors (Lipinski definition) is 4. The Hall–Kier alpha value is -3.86. The second kappa shape index (κ2) is 8.35. The number of carbonyl (C=O) groups excluding carboxylic acids is 2. The van der Waals surface area contributed by atoms with Crippen molar-refractivity contribution in [3.63, 3.8) is 0 Å². The molecule has 2 aliphatic rings. The molecule has 5 heteroatoms. The van der Waals surface area contributed by atoms with Gasteiger partial charge in [-0.15, -0.1) is 0 Å². The topological polar surface area (TPSA) is 49.9 Å². The zero-order valence-electron chi connectivity index (χ0n) is 18.0. The van der Waals surface area contributed by atoms with Crippen molar-refractivity contribution >= 4 is 29.3 Å².